The highest BCUT2D eigenvalue weighted by molar-refractivity contribution is 5.95. The number of ether oxygens (including phenoxy) is 1. The highest BCUT2D eigenvalue weighted by Crippen LogP contribution is 2.16. The standard InChI is InChI=1S/C18H16N2O5/c1-20-14-8-11(6-7-15(14)25-18(20)23)9-16(21)19-13-5-3-4-12(10-13)17(22)24-2/h3-8,10H,9H2,1-2H3,(H,19,21). The van der Waals surface area contributed by atoms with Gasteiger partial charge in [0, 0.05) is 12.7 Å². The van der Waals surface area contributed by atoms with Crippen molar-refractivity contribution in [2.75, 3.05) is 12.4 Å². The molecular weight excluding hydrogens is 324 g/mol. The second-order valence-corrected chi connectivity index (χ2v) is 5.53. The van der Waals surface area contributed by atoms with Gasteiger partial charge >= 0.3 is 11.7 Å². The van der Waals surface area contributed by atoms with E-state index in [1.807, 2.05) is 0 Å². The van der Waals surface area contributed by atoms with Crippen molar-refractivity contribution in [3.63, 3.8) is 0 Å². The number of methoxy groups -OCH3 is 1. The molecule has 1 N–H and O–H groups in total. The third kappa shape index (κ3) is 3.45. The number of anilines is 1. The predicted octanol–water partition coefficient (Wildman–Crippen LogP) is 2.10. The molecular formula is C18H16N2O5. The maximum Gasteiger partial charge on any atom is 0.419 e. The number of esters is 1. The predicted molar refractivity (Wildman–Crippen MR) is 91.6 cm³/mol. The minimum absolute atomic E-state index is 0.123. The van der Waals surface area contributed by atoms with Crippen LogP contribution in [0.5, 0.6) is 0 Å². The zero-order valence-corrected chi connectivity index (χ0v) is 13.7. The average molecular weight is 340 g/mol. The summed E-state index contributed by atoms with van der Waals surface area (Å²) in [7, 11) is 2.91. The first-order valence-electron chi connectivity index (χ1n) is 7.54. The lowest BCUT2D eigenvalue weighted by Crippen LogP contribution is -2.15. The van der Waals surface area contributed by atoms with Gasteiger partial charge in [-0.1, -0.05) is 12.1 Å². The summed E-state index contributed by atoms with van der Waals surface area (Å²) in [5.41, 5.74) is 2.70. The summed E-state index contributed by atoms with van der Waals surface area (Å²) in [6.45, 7) is 0. The zero-order chi connectivity index (χ0) is 18.0. The number of fused-ring (bicyclic) bond motifs is 1. The summed E-state index contributed by atoms with van der Waals surface area (Å²) in [6.07, 6.45) is 0.123. The van der Waals surface area contributed by atoms with Gasteiger partial charge < -0.3 is 14.5 Å². The van der Waals surface area contributed by atoms with E-state index in [9.17, 15) is 14.4 Å². The van der Waals surface area contributed by atoms with E-state index >= 15 is 0 Å². The van der Waals surface area contributed by atoms with Gasteiger partial charge in [-0.25, -0.2) is 9.59 Å². The normalized spacial score (nSPS) is 10.6. The van der Waals surface area contributed by atoms with Crippen LogP contribution in [0, 0.1) is 0 Å². The van der Waals surface area contributed by atoms with Crippen LogP contribution in [-0.4, -0.2) is 23.6 Å². The maximum absolute atomic E-state index is 12.2. The van der Waals surface area contributed by atoms with E-state index < -0.39 is 11.7 Å². The molecule has 0 atom stereocenters. The first-order chi connectivity index (χ1) is 12.0. The fourth-order valence-corrected chi connectivity index (χ4v) is 2.51. The summed E-state index contributed by atoms with van der Waals surface area (Å²) in [5, 5.41) is 2.74. The van der Waals surface area contributed by atoms with Crippen molar-refractivity contribution < 1.29 is 18.7 Å². The molecule has 1 heterocycles. The Morgan fingerprint density at radius 2 is 2.00 bits per heavy atom. The molecule has 0 radical (unpaired) electrons. The van der Waals surface area contributed by atoms with Gasteiger partial charge in [0.2, 0.25) is 5.91 Å². The number of amides is 1. The van der Waals surface area contributed by atoms with Crippen molar-refractivity contribution in [3.05, 3.63) is 64.1 Å². The number of carbonyl (C=O) groups is 2. The van der Waals surface area contributed by atoms with Gasteiger partial charge in [-0.2, -0.15) is 0 Å². The molecule has 25 heavy (non-hydrogen) atoms. The molecule has 1 aromatic heterocycles. The minimum atomic E-state index is -0.470. The van der Waals surface area contributed by atoms with E-state index in [-0.39, 0.29) is 12.3 Å². The Hall–Kier alpha value is -3.35. The Kier molecular flexibility index (Phi) is 4.38. The SMILES string of the molecule is COC(=O)c1cccc(NC(=O)Cc2ccc3oc(=O)n(C)c3c2)c1. The highest BCUT2D eigenvalue weighted by atomic mass is 16.5. The van der Waals surface area contributed by atoms with Gasteiger partial charge in [-0.05, 0) is 35.9 Å². The quantitative estimate of drug-likeness (QED) is 0.735. The van der Waals surface area contributed by atoms with Crippen molar-refractivity contribution in [1.82, 2.24) is 4.57 Å². The highest BCUT2D eigenvalue weighted by Gasteiger charge is 2.11. The lowest BCUT2D eigenvalue weighted by atomic mass is 10.1. The van der Waals surface area contributed by atoms with Crippen LogP contribution in [0.3, 0.4) is 0 Å². The number of oxazole rings is 1. The van der Waals surface area contributed by atoms with Crippen LogP contribution in [0.25, 0.3) is 11.1 Å². The molecule has 0 fully saturated rings. The van der Waals surface area contributed by atoms with Gasteiger partial charge in [-0.3, -0.25) is 9.36 Å². The van der Waals surface area contributed by atoms with Crippen LogP contribution in [0.2, 0.25) is 0 Å². The maximum atomic E-state index is 12.2. The largest absolute Gasteiger partial charge is 0.465 e. The Morgan fingerprint density at radius 3 is 2.76 bits per heavy atom. The van der Waals surface area contributed by atoms with Crippen molar-refractivity contribution in [3.8, 4) is 0 Å². The van der Waals surface area contributed by atoms with Gasteiger partial charge in [0.25, 0.3) is 0 Å². The molecule has 0 bridgehead atoms. The summed E-state index contributed by atoms with van der Waals surface area (Å²) in [5.74, 6) is -1.16. The molecule has 1 amide bonds. The fraction of sp³-hybridized carbons (Fsp3) is 0.167. The lowest BCUT2D eigenvalue weighted by Gasteiger charge is -2.07. The van der Waals surface area contributed by atoms with Crippen LogP contribution in [0.4, 0.5) is 5.69 Å². The molecule has 7 nitrogen and oxygen atoms in total. The molecule has 0 aliphatic heterocycles. The number of aryl methyl sites for hydroxylation is 1. The van der Waals surface area contributed by atoms with Gasteiger partial charge in [0.1, 0.15) is 0 Å². The Bertz CT molecular complexity index is 1020. The van der Waals surface area contributed by atoms with Crippen LogP contribution < -0.4 is 11.1 Å². The van der Waals surface area contributed by atoms with E-state index in [1.54, 1.807) is 49.5 Å². The molecule has 0 spiro atoms. The number of aromatic nitrogens is 1. The van der Waals surface area contributed by atoms with E-state index in [0.717, 1.165) is 5.56 Å². The second-order valence-electron chi connectivity index (χ2n) is 5.53. The number of hydrogen-bond donors (Lipinski definition) is 1. The van der Waals surface area contributed by atoms with Crippen LogP contribution in [0.1, 0.15) is 15.9 Å². The minimum Gasteiger partial charge on any atom is -0.465 e. The Morgan fingerprint density at radius 1 is 1.20 bits per heavy atom. The van der Waals surface area contributed by atoms with Crippen LogP contribution >= 0.6 is 0 Å². The molecule has 0 unspecified atom stereocenters. The molecule has 3 aromatic rings. The Labute approximate surface area is 142 Å². The first kappa shape index (κ1) is 16.5. The zero-order valence-electron chi connectivity index (χ0n) is 13.7. The van der Waals surface area contributed by atoms with Gasteiger partial charge in [-0.15, -0.1) is 0 Å². The molecule has 0 aliphatic rings. The average Bonchev–Trinajstić information content (AvgIpc) is 2.88. The number of carbonyl (C=O) groups excluding carboxylic acids is 2. The number of nitrogens with zero attached hydrogens (tertiary/aromatic N) is 1. The Balaban J connectivity index is 1.75. The number of benzene rings is 2. The van der Waals surface area contributed by atoms with Crippen molar-refractivity contribution >= 4 is 28.7 Å². The second kappa shape index (κ2) is 6.64. The third-order valence-electron chi connectivity index (χ3n) is 3.79. The summed E-state index contributed by atoms with van der Waals surface area (Å²) in [4.78, 5) is 35.3. The lowest BCUT2D eigenvalue weighted by molar-refractivity contribution is -0.115. The molecule has 7 heteroatoms. The topological polar surface area (TPSA) is 90.5 Å². The number of hydrogen-bond acceptors (Lipinski definition) is 5. The molecule has 0 saturated carbocycles. The van der Waals surface area contributed by atoms with E-state index in [2.05, 4.69) is 10.1 Å². The van der Waals surface area contributed by atoms with E-state index in [0.29, 0.717) is 22.4 Å². The number of rotatable bonds is 4. The van der Waals surface area contributed by atoms with Crippen LogP contribution in [0.15, 0.2) is 51.7 Å². The van der Waals surface area contributed by atoms with Gasteiger partial charge in [0.05, 0.1) is 24.6 Å². The summed E-state index contributed by atoms with van der Waals surface area (Å²) < 4.78 is 11.1. The van der Waals surface area contributed by atoms with Crippen molar-refractivity contribution in [1.29, 1.82) is 0 Å². The van der Waals surface area contributed by atoms with Crippen molar-refractivity contribution in [2.24, 2.45) is 7.05 Å². The summed E-state index contributed by atoms with van der Waals surface area (Å²) in [6, 6.07) is 11.6. The molecule has 2 aromatic carbocycles. The number of nitrogens with one attached hydrogen (secondary N) is 1. The van der Waals surface area contributed by atoms with E-state index in [4.69, 9.17) is 4.42 Å². The molecule has 128 valence electrons. The summed E-state index contributed by atoms with van der Waals surface area (Å²) >= 11 is 0. The first-order valence-corrected chi connectivity index (χ1v) is 7.54. The molecule has 3 rings (SSSR count). The van der Waals surface area contributed by atoms with E-state index in [1.165, 1.54) is 11.7 Å². The smallest absolute Gasteiger partial charge is 0.419 e. The van der Waals surface area contributed by atoms with Crippen LogP contribution in [-0.2, 0) is 23.0 Å². The monoisotopic (exact) mass is 340 g/mol. The van der Waals surface area contributed by atoms with Crippen molar-refractivity contribution in [2.45, 2.75) is 6.42 Å². The third-order valence-corrected chi connectivity index (χ3v) is 3.79. The molecule has 0 saturated heterocycles. The fourth-order valence-electron chi connectivity index (χ4n) is 2.51. The van der Waals surface area contributed by atoms with Gasteiger partial charge in [0.15, 0.2) is 5.58 Å². The molecule has 0 aliphatic carbocycles.